The van der Waals surface area contributed by atoms with Gasteiger partial charge in [0.05, 0.1) is 18.0 Å². The van der Waals surface area contributed by atoms with Gasteiger partial charge < -0.3 is 4.57 Å². The highest BCUT2D eigenvalue weighted by atomic mass is 32.2. The largest absolute Gasteiger partial charge is 0.329 e. The maximum Gasteiger partial charge on any atom is 0.239 e. The molecule has 4 rings (SSSR count). The van der Waals surface area contributed by atoms with Crippen LogP contribution in [0.2, 0.25) is 0 Å². The summed E-state index contributed by atoms with van der Waals surface area (Å²) in [5.41, 5.74) is 2.30. The van der Waals surface area contributed by atoms with Gasteiger partial charge in [0, 0.05) is 24.3 Å². The maximum atomic E-state index is 13.1. The Morgan fingerprint density at radius 3 is 2.81 bits per heavy atom. The fraction of sp³-hybridized carbons (Fsp3) is 0.350. The SMILES string of the molecule is Cn1ccnc1SCC(=O)N(Cc1ccccc1)c1nc2c(s1)CCCC2. The molecule has 0 fully saturated rings. The van der Waals surface area contributed by atoms with Gasteiger partial charge in [-0.2, -0.15) is 0 Å². The summed E-state index contributed by atoms with van der Waals surface area (Å²) in [5, 5.41) is 1.68. The van der Waals surface area contributed by atoms with E-state index in [2.05, 4.69) is 17.1 Å². The fourth-order valence-electron chi connectivity index (χ4n) is 3.18. The summed E-state index contributed by atoms with van der Waals surface area (Å²) >= 11 is 3.15. The molecule has 0 saturated heterocycles. The number of amides is 1. The molecule has 2 aromatic heterocycles. The lowest BCUT2D eigenvalue weighted by Crippen LogP contribution is -2.32. The Balaban J connectivity index is 1.56. The molecule has 0 bridgehead atoms. The van der Waals surface area contributed by atoms with Crippen molar-refractivity contribution >= 4 is 34.1 Å². The number of anilines is 1. The van der Waals surface area contributed by atoms with Crippen LogP contribution in [0.25, 0.3) is 0 Å². The molecule has 0 radical (unpaired) electrons. The number of thiazole rings is 1. The third-order valence-corrected chi connectivity index (χ3v) is 6.87. The number of carbonyl (C=O) groups is 1. The number of thioether (sulfide) groups is 1. The van der Waals surface area contributed by atoms with E-state index in [0.29, 0.717) is 12.3 Å². The van der Waals surface area contributed by atoms with Crippen LogP contribution in [0.1, 0.15) is 29.0 Å². The van der Waals surface area contributed by atoms with Crippen LogP contribution in [0, 0.1) is 0 Å². The van der Waals surface area contributed by atoms with Crippen LogP contribution in [-0.4, -0.2) is 26.2 Å². The zero-order valence-electron chi connectivity index (χ0n) is 15.3. The van der Waals surface area contributed by atoms with Crippen molar-refractivity contribution in [3.8, 4) is 0 Å². The van der Waals surface area contributed by atoms with Gasteiger partial charge >= 0.3 is 0 Å². The molecule has 1 aliphatic carbocycles. The smallest absolute Gasteiger partial charge is 0.239 e. The summed E-state index contributed by atoms with van der Waals surface area (Å²) in [7, 11) is 1.94. The number of fused-ring (bicyclic) bond motifs is 1. The van der Waals surface area contributed by atoms with Crippen molar-refractivity contribution < 1.29 is 4.79 Å². The fourth-order valence-corrected chi connectivity index (χ4v) is 5.15. The molecule has 0 unspecified atom stereocenters. The second-order valence-corrected chi connectivity index (χ2v) is 8.65. The van der Waals surface area contributed by atoms with Crippen molar-refractivity contribution in [1.82, 2.24) is 14.5 Å². The summed E-state index contributed by atoms with van der Waals surface area (Å²) in [4.78, 5) is 25.4. The zero-order chi connectivity index (χ0) is 18.6. The first-order valence-electron chi connectivity index (χ1n) is 9.13. The van der Waals surface area contributed by atoms with Crippen LogP contribution < -0.4 is 4.90 Å². The van der Waals surface area contributed by atoms with Gasteiger partial charge in [0.15, 0.2) is 10.3 Å². The first-order valence-corrected chi connectivity index (χ1v) is 10.9. The maximum absolute atomic E-state index is 13.1. The lowest BCUT2D eigenvalue weighted by atomic mass is 10.0. The average molecular weight is 399 g/mol. The summed E-state index contributed by atoms with van der Waals surface area (Å²) in [6, 6.07) is 10.1. The van der Waals surface area contributed by atoms with Crippen molar-refractivity contribution in [2.75, 3.05) is 10.7 Å². The first kappa shape index (κ1) is 18.3. The second kappa shape index (κ2) is 8.27. The molecular formula is C20H22N4OS2. The topological polar surface area (TPSA) is 51.0 Å². The Morgan fingerprint density at radius 1 is 1.26 bits per heavy atom. The normalized spacial score (nSPS) is 13.4. The molecule has 1 aromatic carbocycles. The third kappa shape index (κ3) is 4.25. The number of aryl methyl sites for hydroxylation is 3. The average Bonchev–Trinajstić information content (AvgIpc) is 3.30. The van der Waals surface area contributed by atoms with Gasteiger partial charge in [-0.1, -0.05) is 42.1 Å². The number of hydrogen-bond donors (Lipinski definition) is 0. The summed E-state index contributed by atoms with van der Waals surface area (Å²) in [5.74, 6) is 0.417. The zero-order valence-corrected chi connectivity index (χ0v) is 16.9. The van der Waals surface area contributed by atoms with Gasteiger partial charge in [-0.15, -0.1) is 11.3 Å². The summed E-state index contributed by atoms with van der Waals surface area (Å²) in [6.45, 7) is 0.549. The van der Waals surface area contributed by atoms with Crippen LogP contribution in [0.3, 0.4) is 0 Å². The Morgan fingerprint density at radius 2 is 2.07 bits per heavy atom. The molecule has 1 aliphatic rings. The lowest BCUT2D eigenvalue weighted by molar-refractivity contribution is -0.116. The highest BCUT2D eigenvalue weighted by molar-refractivity contribution is 7.99. The van der Waals surface area contributed by atoms with E-state index < -0.39 is 0 Å². The molecule has 0 spiro atoms. The minimum absolute atomic E-state index is 0.0675. The summed E-state index contributed by atoms with van der Waals surface area (Å²) < 4.78 is 1.93. The molecule has 1 amide bonds. The van der Waals surface area contributed by atoms with E-state index in [9.17, 15) is 4.79 Å². The molecule has 0 atom stereocenters. The van der Waals surface area contributed by atoms with Gasteiger partial charge in [0.2, 0.25) is 5.91 Å². The van der Waals surface area contributed by atoms with E-state index in [-0.39, 0.29) is 5.91 Å². The van der Waals surface area contributed by atoms with E-state index in [1.807, 2.05) is 40.9 Å². The number of aromatic nitrogens is 3. The van der Waals surface area contributed by atoms with E-state index >= 15 is 0 Å². The Labute approximate surface area is 167 Å². The monoisotopic (exact) mass is 398 g/mol. The van der Waals surface area contributed by atoms with Crippen LogP contribution >= 0.6 is 23.1 Å². The summed E-state index contributed by atoms with van der Waals surface area (Å²) in [6.07, 6.45) is 8.17. The predicted octanol–water partition coefficient (Wildman–Crippen LogP) is 4.08. The molecule has 0 aliphatic heterocycles. The van der Waals surface area contributed by atoms with Crippen molar-refractivity contribution in [1.29, 1.82) is 0 Å². The number of nitrogens with zero attached hydrogens (tertiary/aromatic N) is 4. The Bertz CT molecular complexity index is 896. The highest BCUT2D eigenvalue weighted by Crippen LogP contribution is 2.33. The number of imidazole rings is 1. The van der Waals surface area contributed by atoms with Gasteiger partial charge in [-0.25, -0.2) is 9.97 Å². The van der Waals surface area contributed by atoms with Crippen LogP contribution in [0.4, 0.5) is 5.13 Å². The van der Waals surface area contributed by atoms with Gasteiger partial charge in [0.1, 0.15) is 0 Å². The lowest BCUT2D eigenvalue weighted by Gasteiger charge is -2.20. The van der Waals surface area contributed by atoms with Crippen molar-refractivity contribution in [2.24, 2.45) is 7.05 Å². The molecule has 7 heteroatoms. The second-order valence-electron chi connectivity index (χ2n) is 6.65. The quantitative estimate of drug-likeness (QED) is 0.587. The van der Waals surface area contributed by atoms with E-state index in [1.54, 1.807) is 17.5 Å². The molecule has 5 nitrogen and oxygen atoms in total. The standard InChI is InChI=1S/C20H22N4OS2/c1-23-12-11-21-19(23)26-14-18(25)24(13-15-7-3-2-4-8-15)20-22-16-9-5-6-10-17(16)27-20/h2-4,7-8,11-12H,5-6,9-10,13-14H2,1H3. The molecule has 2 heterocycles. The minimum atomic E-state index is 0.0675. The first-order chi connectivity index (χ1) is 13.2. The van der Waals surface area contributed by atoms with Crippen molar-refractivity contribution in [3.63, 3.8) is 0 Å². The van der Waals surface area contributed by atoms with Gasteiger partial charge in [0.25, 0.3) is 0 Å². The van der Waals surface area contributed by atoms with Crippen LogP contribution in [-0.2, 0) is 31.2 Å². The van der Waals surface area contributed by atoms with Gasteiger partial charge in [-0.05, 0) is 31.2 Å². The number of rotatable bonds is 6. The van der Waals surface area contributed by atoms with E-state index in [1.165, 1.54) is 35.2 Å². The predicted molar refractivity (Wildman–Crippen MR) is 110 cm³/mol. The third-order valence-electron chi connectivity index (χ3n) is 4.65. The molecule has 27 heavy (non-hydrogen) atoms. The molecule has 140 valence electrons. The minimum Gasteiger partial charge on any atom is -0.329 e. The molecule has 3 aromatic rings. The molecular weight excluding hydrogens is 376 g/mol. The van der Waals surface area contributed by atoms with Crippen LogP contribution in [0.15, 0.2) is 47.9 Å². The van der Waals surface area contributed by atoms with Gasteiger partial charge in [-0.3, -0.25) is 9.69 Å². The number of carbonyl (C=O) groups excluding carboxylic acids is 1. The highest BCUT2D eigenvalue weighted by Gasteiger charge is 2.23. The molecule has 0 saturated carbocycles. The molecule has 0 N–H and O–H groups in total. The Hall–Kier alpha value is -2.12. The van der Waals surface area contributed by atoms with Crippen LogP contribution in [0.5, 0.6) is 0 Å². The number of benzene rings is 1. The Kier molecular flexibility index (Phi) is 5.59. The van der Waals surface area contributed by atoms with Crippen molar-refractivity contribution in [3.05, 3.63) is 58.9 Å². The number of hydrogen-bond acceptors (Lipinski definition) is 5. The van der Waals surface area contributed by atoms with E-state index in [0.717, 1.165) is 28.7 Å². The van der Waals surface area contributed by atoms with E-state index in [4.69, 9.17) is 4.98 Å². The van der Waals surface area contributed by atoms with Crippen molar-refractivity contribution in [2.45, 2.75) is 37.4 Å².